The monoisotopic (exact) mass is 355 g/mol. The molecular formula is C15H11ClFNO4S. The van der Waals surface area contributed by atoms with Gasteiger partial charge in [0.05, 0.1) is 15.6 Å². The van der Waals surface area contributed by atoms with Crippen LogP contribution in [0.15, 0.2) is 53.4 Å². The minimum absolute atomic E-state index is 0.0932. The molecular weight excluding hydrogens is 345 g/mol. The number of halogens is 2. The highest BCUT2D eigenvalue weighted by molar-refractivity contribution is 7.92. The van der Waals surface area contributed by atoms with Crippen molar-refractivity contribution in [2.75, 3.05) is 4.72 Å². The van der Waals surface area contributed by atoms with Gasteiger partial charge in [-0.05, 0) is 35.9 Å². The highest BCUT2D eigenvalue weighted by atomic mass is 35.5. The second-order valence-electron chi connectivity index (χ2n) is 4.45. The van der Waals surface area contributed by atoms with Crippen molar-refractivity contribution >= 4 is 39.4 Å². The standard InChI is InChI=1S/C15H11ClFNO4S/c16-12-2-1-3-13(15(12)17)18-23(21,22)11-7-4-10(5-8-11)6-9-14(19)20/h1-9,18H,(H,19,20)/b9-6+. The molecule has 0 bridgehead atoms. The van der Waals surface area contributed by atoms with Gasteiger partial charge in [0, 0.05) is 6.08 Å². The van der Waals surface area contributed by atoms with Gasteiger partial charge in [-0.1, -0.05) is 29.8 Å². The summed E-state index contributed by atoms with van der Waals surface area (Å²) in [7, 11) is -3.99. The van der Waals surface area contributed by atoms with E-state index in [2.05, 4.69) is 4.72 Å². The summed E-state index contributed by atoms with van der Waals surface area (Å²) in [6.45, 7) is 0. The number of rotatable bonds is 5. The zero-order valence-corrected chi connectivity index (χ0v) is 13.1. The molecule has 0 aliphatic rings. The van der Waals surface area contributed by atoms with E-state index in [1.165, 1.54) is 48.5 Å². The Balaban J connectivity index is 2.26. The number of hydrogen-bond acceptors (Lipinski definition) is 3. The zero-order valence-electron chi connectivity index (χ0n) is 11.5. The van der Waals surface area contributed by atoms with E-state index in [-0.39, 0.29) is 15.6 Å². The lowest BCUT2D eigenvalue weighted by molar-refractivity contribution is -0.131. The van der Waals surface area contributed by atoms with Crippen LogP contribution in [-0.2, 0) is 14.8 Å². The van der Waals surface area contributed by atoms with Crippen molar-refractivity contribution in [2.24, 2.45) is 0 Å². The summed E-state index contributed by atoms with van der Waals surface area (Å²) in [6.07, 6.45) is 2.26. The van der Waals surface area contributed by atoms with Crippen molar-refractivity contribution in [2.45, 2.75) is 4.90 Å². The van der Waals surface area contributed by atoms with E-state index in [0.29, 0.717) is 5.56 Å². The third kappa shape index (κ3) is 4.30. The molecule has 0 aliphatic heterocycles. The molecule has 0 spiro atoms. The van der Waals surface area contributed by atoms with Gasteiger partial charge >= 0.3 is 5.97 Å². The first kappa shape index (κ1) is 17.0. The first-order chi connectivity index (χ1) is 10.8. The molecule has 0 radical (unpaired) electrons. The minimum atomic E-state index is -3.99. The normalized spacial score (nSPS) is 11.6. The van der Waals surface area contributed by atoms with E-state index in [9.17, 15) is 17.6 Å². The fourth-order valence-corrected chi connectivity index (χ4v) is 2.95. The summed E-state index contributed by atoms with van der Waals surface area (Å²) in [5.74, 6) is -1.97. The summed E-state index contributed by atoms with van der Waals surface area (Å²) >= 11 is 5.60. The molecule has 0 unspecified atom stereocenters. The summed E-state index contributed by atoms with van der Waals surface area (Å²) in [6, 6.07) is 9.41. The van der Waals surface area contributed by atoms with Crippen LogP contribution in [0.1, 0.15) is 5.56 Å². The third-order valence-electron chi connectivity index (χ3n) is 2.80. The molecule has 2 aromatic rings. The van der Waals surface area contributed by atoms with Gasteiger partial charge in [-0.25, -0.2) is 17.6 Å². The lowest BCUT2D eigenvalue weighted by Gasteiger charge is -2.09. The summed E-state index contributed by atoms with van der Waals surface area (Å²) in [5.41, 5.74) is 0.257. The molecule has 0 saturated carbocycles. The molecule has 2 N–H and O–H groups in total. The molecule has 0 aromatic heterocycles. The van der Waals surface area contributed by atoms with Crippen molar-refractivity contribution in [3.05, 3.63) is 64.9 Å². The van der Waals surface area contributed by atoms with Crippen molar-refractivity contribution < 1.29 is 22.7 Å². The number of carbonyl (C=O) groups is 1. The largest absolute Gasteiger partial charge is 0.478 e. The molecule has 23 heavy (non-hydrogen) atoms. The zero-order chi connectivity index (χ0) is 17.0. The summed E-state index contributed by atoms with van der Waals surface area (Å²) in [4.78, 5) is 10.3. The van der Waals surface area contributed by atoms with Gasteiger partial charge in [0.2, 0.25) is 0 Å². The van der Waals surface area contributed by atoms with Gasteiger partial charge < -0.3 is 5.11 Å². The van der Waals surface area contributed by atoms with E-state index < -0.39 is 21.8 Å². The highest BCUT2D eigenvalue weighted by Crippen LogP contribution is 2.24. The van der Waals surface area contributed by atoms with Gasteiger partial charge in [0.1, 0.15) is 0 Å². The van der Waals surface area contributed by atoms with Crippen molar-refractivity contribution in [3.63, 3.8) is 0 Å². The molecule has 8 heteroatoms. The first-order valence-corrected chi connectivity index (χ1v) is 8.13. The number of aliphatic carboxylic acids is 1. The molecule has 0 fully saturated rings. The Morgan fingerprint density at radius 2 is 1.83 bits per heavy atom. The van der Waals surface area contributed by atoms with E-state index in [1.807, 2.05) is 0 Å². The van der Waals surface area contributed by atoms with Crippen molar-refractivity contribution in [3.8, 4) is 0 Å². The fourth-order valence-electron chi connectivity index (χ4n) is 1.71. The van der Waals surface area contributed by atoms with Gasteiger partial charge in [-0.3, -0.25) is 4.72 Å². The molecule has 0 saturated heterocycles. The first-order valence-electron chi connectivity index (χ1n) is 6.27. The molecule has 0 heterocycles. The fraction of sp³-hybridized carbons (Fsp3) is 0. The number of sulfonamides is 1. The van der Waals surface area contributed by atoms with E-state index in [0.717, 1.165) is 6.08 Å². The Morgan fingerprint density at radius 1 is 1.17 bits per heavy atom. The van der Waals surface area contributed by atoms with Crippen LogP contribution in [0.3, 0.4) is 0 Å². The summed E-state index contributed by atoms with van der Waals surface area (Å²) in [5, 5.41) is 8.34. The molecule has 0 aliphatic carbocycles. The van der Waals surface area contributed by atoms with E-state index in [1.54, 1.807) is 0 Å². The van der Waals surface area contributed by atoms with E-state index in [4.69, 9.17) is 16.7 Å². The van der Waals surface area contributed by atoms with E-state index >= 15 is 0 Å². The lowest BCUT2D eigenvalue weighted by atomic mass is 10.2. The van der Waals surface area contributed by atoms with Gasteiger partial charge in [0.15, 0.2) is 5.82 Å². The van der Waals surface area contributed by atoms with Crippen LogP contribution in [0.4, 0.5) is 10.1 Å². The minimum Gasteiger partial charge on any atom is -0.478 e. The van der Waals surface area contributed by atoms with Gasteiger partial charge in [-0.15, -0.1) is 0 Å². The predicted molar refractivity (Wildman–Crippen MR) is 85.3 cm³/mol. The number of carboxylic acid groups (broad SMARTS) is 1. The lowest BCUT2D eigenvalue weighted by Crippen LogP contribution is -2.14. The number of carboxylic acids is 1. The Hall–Kier alpha value is -2.38. The average molecular weight is 356 g/mol. The Kier molecular flexibility index (Phi) is 5.02. The molecule has 0 amide bonds. The van der Waals surface area contributed by atoms with Crippen LogP contribution in [-0.4, -0.2) is 19.5 Å². The second-order valence-corrected chi connectivity index (χ2v) is 6.54. The maximum Gasteiger partial charge on any atom is 0.328 e. The summed E-state index contributed by atoms with van der Waals surface area (Å²) < 4.78 is 40.3. The number of anilines is 1. The smallest absolute Gasteiger partial charge is 0.328 e. The SMILES string of the molecule is O=C(O)/C=C/c1ccc(S(=O)(=O)Nc2cccc(Cl)c2F)cc1. The molecule has 120 valence electrons. The Labute approximate surface area is 137 Å². The predicted octanol–water partition coefficient (Wildman–Crippen LogP) is 3.38. The Bertz CT molecular complexity index is 864. The van der Waals surface area contributed by atoms with Crippen LogP contribution in [0.2, 0.25) is 5.02 Å². The third-order valence-corrected chi connectivity index (χ3v) is 4.48. The maximum absolute atomic E-state index is 13.8. The van der Waals surface area contributed by atoms with Crippen LogP contribution in [0.5, 0.6) is 0 Å². The van der Waals surface area contributed by atoms with Crippen LogP contribution < -0.4 is 4.72 Å². The Morgan fingerprint density at radius 3 is 2.43 bits per heavy atom. The van der Waals surface area contributed by atoms with Gasteiger partial charge in [0.25, 0.3) is 10.0 Å². The van der Waals surface area contributed by atoms with Crippen LogP contribution >= 0.6 is 11.6 Å². The topological polar surface area (TPSA) is 83.5 Å². The maximum atomic E-state index is 13.8. The highest BCUT2D eigenvalue weighted by Gasteiger charge is 2.17. The average Bonchev–Trinajstić information content (AvgIpc) is 2.50. The molecule has 5 nitrogen and oxygen atoms in total. The van der Waals surface area contributed by atoms with Gasteiger partial charge in [-0.2, -0.15) is 0 Å². The molecule has 2 rings (SSSR count). The molecule has 0 atom stereocenters. The van der Waals surface area contributed by atoms with Crippen LogP contribution in [0.25, 0.3) is 6.08 Å². The number of hydrogen-bond donors (Lipinski definition) is 2. The van der Waals surface area contributed by atoms with Crippen LogP contribution in [0, 0.1) is 5.82 Å². The number of benzene rings is 2. The van der Waals surface area contributed by atoms with Crippen molar-refractivity contribution in [1.29, 1.82) is 0 Å². The quantitative estimate of drug-likeness (QED) is 0.805. The molecule has 2 aromatic carbocycles. The number of nitrogens with one attached hydrogen (secondary N) is 1. The van der Waals surface area contributed by atoms with Crippen molar-refractivity contribution in [1.82, 2.24) is 0 Å². The second kappa shape index (κ2) is 6.80.